The van der Waals surface area contributed by atoms with Gasteiger partial charge in [0.1, 0.15) is 0 Å². The largest absolute Gasteiger partial charge is 0.326 e. The molecular weight excluding hydrogens is 176 g/mol. The van der Waals surface area contributed by atoms with Crippen molar-refractivity contribution in [2.75, 3.05) is 20.1 Å². The van der Waals surface area contributed by atoms with Gasteiger partial charge in [-0.2, -0.15) is 0 Å². The molecule has 0 aromatic carbocycles. The van der Waals surface area contributed by atoms with Crippen LogP contribution in [0.2, 0.25) is 0 Å². The monoisotopic (exact) mass is 196 g/mol. The molecule has 80 valence electrons. The number of hydrogen-bond donors (Lipinski definition) is 0. The van der Waals surface area contributed by atoms with Crippen molar-refractivity contribution in [3.8, 4) is 0 Å². The average Bonchev–Trinajstić information content (AvgIpc) is 2.47. The summed E-state index contributed by atoms with van der Waals surface area (Å²) < 4.78 is 0. The number of carbonyl (C=O) groups excluding carboxylic acids is 1. The molecule has 2 rings (SSSR count). The molecule has 3 nitrogen and oxygen atoms in total. The van der Waals surface area contributed by atoms with Crippen LogP contribution in [0.15, 0.2) is 0 Å². The fraction of sp³-hybridized carbons (Fsp3) is 0.909. The van der Waals surface area contributed by atoms with Crippen molar-refractivity contribution in [3.05, 3.63) is 0 Å². The van der Waals surface area contributed by atoms with E-state index in [1.54, 1.807) is 0 Å². The highest BCUT2D eigenvalue weighted by Crippen LogP contribution is 2.24. The highest BCUT2D eigenvalue weighted by atomic mass is 16.2. The Bertz CT molecular complexity index is 209. The second-order valence-electron chi connectivity index (χ2n) is 4.54. The molecule has 1 saturated carbocycles. The van der Waals surface area contributed by atoms with Crippen molar-refractivity contribution in [2.45, 2.75) is 44.6 Å². The van der Waals surface area contributed by atoms with Crippen LogP contribution < -0.4 is 0 Å². The molecule has 0 bridgehead atoms. The summed E-state index contributed by atoms with van der Waals surface area (Å²) in [5.74, 6) is 0. The number of rotatable bonds is 1. The molecule has 0 spiro atoms. The highest BCUT2D eigenvalue weighted by Gasteiger charge is 2.31. The maximum Gasteiger partial charge on any atom is 0.320 e. The molecule has 0 atom stereocenters. The molecule has 0 unspecified atom stereocenters. The zero-order chi connectivity index (χ0) is 9.97. The van der Waals surface area contributed by atoms with E-state index in [2.05, 4.69) is 4.90 Å². The molecule has 14 heavy (non-hydrogen) atoms. The molecule has 2 fully saturated rings. The summed E-state index contributed by atoms with van der Waals surface area (Å²) in [4.78, 5) is 15.7. The van der Waals surface area contributed by atoms with Crippen molar-refractivity contribution < 1.29 is 4.79 Å². The summed E-state index contributed by atoms with van der Waals surface area (Å²) >= 11 is 0. The van der Waals surface area contributed by atoms with Crippen LogP contribution in [0.5, 0.6) is 0 Å². The molecule has 3 heteroatoms. The lowest BCUT2D eigenvalue weighted by Gasteiger charge is -2.26. The Morgan fingerprint density at radius 3 is 2.21 bits per heavy atom. The van der Waals surface area contributed by atoms with Crippen LogP contribution in [0.25, 0.3) is 0 Å². The van der Waals surface area contributed by atoms with Crippen LogP contribution in [0.3, 0.4) is 0 Å². The van der Waals surface area contributed by atoms with E-state index in [0.29, 0.717) is 6.04 Å². The van der Waals surface area contributed by atoms with Crippen LogP contribution in [-0.4, -0.2) is 42.0 Å². The minimum absolute atomic E-state index is 0.247. The van der Waals surface area contributed by atoms with Crippen LogP contribution >= 0.6 is 0 Å². The fourth-order valence-corrected chi connectivity index (χ4v) is 2.58. The van der Waals surface area contributed by atoms with Crippen molar-refractivity contribution in [3.63, 3.8) is 0 Å². The standard InChI is InChI=1S/C11H20N2O/c1-12-8-9-13(11(12)14)10-6-4-2-3-5-7-10/h10H,2-9H2,1H3. The maximum absolute atomic E-state index is 11.8. The molecule has 0 N–H and O–H groups in total. The molecule has 2 aliphatic rings. The van der Waals surface area contributed by atoms with Gasteiger partial charge in [0.05, 0.1) is 0 Å². The first kappa shape index (κ1) is 9.81. The Balaban J connectivity index is 1.96. The first-order chi connectivity index (χ1) is 6.79. The van der Waals surface area contributed by atoms with Gasteiger partial charge >= 0.3 is 6.03 Å². The van der Waals surface area contributed by atoms with Gasteiger partial charge in [-0.3, -0.25) is 0 Å². The lowest BCUT2D eigenvalue weighted by molar-refractivity contribution is 0.177. The average molecular weight is 196 g/mol. The Kier molecular flexibility index (Phi) is 2.94. The highest BCUT2D eigenvalue weighted by molar-refractivity contribution is 5.76. The van der Waals surface area contributed by atoms with Gasteiger partial charge in [0.25, 0.3) is 0 Å². The minimum atomic E-state index is 0.247. The zero-order valence-corrected chi connectivity index (χ0v) is 9.04. The number of amides is 2. The van der Waals surface area contributed by atoms with Gasteiger partial charge in [-0.05, 0) is 12.8 Å². The first-order valence-electron chi connectivity index (χ1n) is 5.81. The van der Waals surface area contributed by atoms with Gasteiger partial charge in [0.15, 0.2) is 0 Å². The van der Waals surface area contributed by atoms with Gasteiger partial charge in [0, 0.05) is 26.2 Å². The molecule has 1 aliphatic heterocycles. The Morgan fingerprint density at radius 1 is 1.07 bits per heavy atom. The van der Waals surface area contributed by atoms with Crippen molar-refractivity contribution in [2.24, 2.45) is 0 Å². The predicted octanol–water partition coefficient (Wildman–Crippen LogP) is 2.08. The lowest BCUT2D eigenvalue weighted by atomic mass is 10.1. The second kappa shape index (κ2) is 4.20. The summed E-state index contributed by atoms with van der Waals surface area (Å²) in [7, 11) is 1.90. The summed E-state index contributed by atoms with van der Waals surface area (Å²) in [5.41, 5.74) is 0. The summed E-state index contributed by atoms with van der Waals surface area (Å²) in [6.07, 6.45) is 7.76. The van der Waals surface area contributed by atoms with Gasteiger partial charge in [0.2, 0.25) is 0 Å². The number of carbonyl (C=O) groups is 1. The lowest BCUT2D eigenvalue weighted by Crippen LogP contribution is -2.38. The smallest absolute Gasteiger partial charge is 0.320 e. The van der Waals surface area contributed by atoms with E-state index >= 15 is 0 Å². The Morgan fingerprint density at radius 2 is 1.71 bits per heavy atom. The molecule has 1 aliphatic carbocycles. The number of likely N-dealkylation sites (N-methyl/N-ethyl adjacent to an activating group) is 1. The molecule has 1 heterocycles. The van der Waals surface area contributed by atoms with Crippen LogP contribution in [0, 0.1) is 0 Å². The van der Waals surface area contributed by atoms with E-state index in [-0.39, 0.29) is 6.03 Å². The van der Waals surface area contributed by atoms with Gasteiger partial charge in [-0.1, -0.05) is 25.7 Å². The second-order valence-corrected chi connectivity index (χ2v) is 4.54. The molecule has 0 aromatic heterocycles. The van der Waals surface area contributed by atoms with Crippen LogP contribution in [0.4, 0.5) is 4.79 Å². The van der Waals surface area contributed by atoms with E-state index in [1.807, 2.05) is 11.9 Å². The predicted molar refractivity (Wildman–Crippen MR) is 56.2 cm³/mol. The third kappa shape index (κ3) is 1.86. The van der Waals surface area contributed by atoms with E-state index in [9.17, 15) is 4.79 Å². The van der Waals surface area contributed by atoms with Crippen LogP contribution in [0.1, 0.15) is 38.5 Å². The van der Waals surface area contributed by atoms with Crippen molar-refractivity contribution in [1.29, 1.82) is 0 Å². The topological polar surface area (TPSA) is 23.6 Å². The fourth-order valence-electron chi connectivity index (χ4n) is 2.58. The van der Waals surface area contributed by atoms with Crippen molar-refractivity contribution >= 4 is 6.03 Å². The molecule has 2 amide bonds. The quantitative estimate of drug-likeness (QED) is 0.589. The third-order valence-corrected chi connectivity index (χ3v) is 3.51. The summed E-state index contributed by atoms with van der Waals surface area (Å²) in [6.45, 7) is 1.86. The first-order valence-corrected chi connectivity index (χ1v) is 5.81. The summed E-state index contributed by atoms with van der Waals surface area (Å²) in [5, 5.41) is 0. The number of nitrogens with zero attached hydrogens (tertiary/aromatic N) is 2. The third-order valence-electron chi connectivity index (χ3n) is 3.51. The molecule has 1 saturated heterocycles. The minimum Gasteiger partial charge on any atom is -0.326 e. The normalized spacial score (nSPS) is 25.6. The Hall–Kier alpha value is -0.730. The van der Waals surface area contributed by atoms with E-state index in [0.717, 1.165) is 13.1 Å². The zero-order valence-electron chi connectivity index (χ0n) is 9.04. The Labute approximate surface area is 86.1 Å². The SMILES string of the molecule is CN1CCN(C2CCCCCC2)C1=O. The number of urea groups is 1. The van der Waals surface area contributed by atoms with Crippen molar-refractivity contribution in [1.82, 2.24) is 9.80 Å². The number of hydrogen-bond acceptors (Lipinski definition) is 1. The summed E-state index contributed by atoms with van der Waals surface area (Å²) in [6, 6.07) is 0.784. The molecular formula is C11H20N2O. The van der Waals surface area contributed by atoms with E-state index < -0.39 is 0 Å². The van der Waals surface area contributed by atoms with Gasteiger partial charge in [-0.15, -0.1) is 0 Å². The van der Waals surface area contributed by atoms with E-state index in [4.69, 9.17) is 0 Å². The maximum atomic E-state index is 11.8. The van der Waals surface area contributed by atoms with Crippen LogP contribution in [-0.2, 0) is 0 Å². The van der Waals surface area contributed by atoms with Gasteiger partial charge in [-0.25, -0.2) is 4.79 Å². The van der Waals surface area contributed by atoms with Gasteiger partial charge < -0.3 is 9.80 Å². The molecule has 0 aromatic rings. The molecule has 0 radical (unpaired) electrons. The van der Waals surface area contributed by atoms with E-state index in [1.165, 1.54) is 38.5 Å².